The zero-order valence-corrected chi connectivity index (χ0v) is 21.4. The molecule has 5 aromatic rings. The Morgan fingerprint density at radius 1 is 1.00 bits per heavy atom. The number of carbonyl (C=O) groups is 1. The van der Waals surface area contributed by atoms with Gasteiger partial charge in [-0.1, -0.05) is 36.4 Å². The van der Waals surface area contributed by atoms with E-state index in [1.54, 1.807) is 30.3 Å². The van der Waals surface area contributed by atoms with E-state index in [9.17, 15) is 18.0 Å². The third kappa shape index (κ3) is 5.46. The number of halogens is 3. The van der Waals surface area contributed by atoms with Crippen molar-refractivity contribution in [3.05, 3.63) is 89.1 Å². The van der Waals surface area contributed by atoms with Crippen LogP contribution in [0.3, 0.4) is 0 Å². The molecular formula is C27H20F3N5O3S. The van der Waals surface area contributed by atoms with Crippen molar-refractivity contribution in [1.82, 2.24) is 20.2 Å². The molecule has 0 fully saturated rings. The van der Waals surface area contributed by atoms with Crippen molar-refractivity contribution < 1.29 is 27.4 Å². The number of benzene rings is 3. The molecule has 0 saturated carbocycles. The van der Waals surface area contributed by atoms with E-state index in [0.717, 1.165) is 32.9 Å². The molecule has 0 atom stereocenters. The number of thiazole rings is 1. The average molecular weight is 552 g/mol. The van der Waals surface area contributed by atoms with Crippen LogP contribution in [0.15, 0.2) is 77.2 Å². The normalized spacial score (nSPS) is 11.7. The van der Waals surface area contributed by atoms with Crippen LogP contribution in [-0.2, 0) is 6.18 Å². The average Bonchev–Trinajstić information content (AvgIpc) is 3.60. The van der Waals surface area contributed by atoms with Crippen LogP contribution in [0.25, 0.3) is 27.2 Å². The lowest BCUT2D eigenvalue weighted by atomic mass is 10.0. The summed E-state index contributed by atoms with van der Waals surface area (Å²) in [7, 11) is 3.02. The fourth-order valence-corrected chi connectivity index (χ4v) is 4.61. The van der Waals surface area contributed by atoms with Gasteiger partial charge in [-0.3, -0.25) is 4.79 Å². The summed E-state index contributed by atoms with van der Waals surface area (Å²) in [5, 5.41) is 11.0. The molecule has 0 bridgehead atoms. The molecular weight excluding hydrogens is 531 g/mol. The van der Waals surface area contributed by atoms with Crippen LogP contribution in [0.4, 0.5) is 13.2 Å². The van der Waals surface area contributed by atoms with E-state index < -0.39 is 17.8 Å². The molecule has 0 radical (unpaired) electrons. The summed E-state index contributed by atoms with van der Waals surface area (Å²) in [5.74, 6) is 0.408. The Balaban J connectivity index is 1.41. The van der Waals surface area contributed by atoms with Gasteiger partial charge in [0.15, 0.2) is 17.2 Å². The van der Waals surface area contributed by atoms with Crippen molar-refractivity contribution in [2.75, 3.05) is 14.2 Å². The number of aromatic nitrogens is 3. The highest BCUT2D eigenvalue weighted by atomic mass is 32.1. The number of fused-ring (bicyclic) bond motifs is 1. The first-order valence-electron chi connectivity index (χ1n) is 11.4. The molecule has 0 aliphatic heterocycles. The Hall–Kier alpha value is -4.71. The molecule has 0 unspecified atom stereocenters. The Labute approximate surface area is 224 Å². The number of nitrogens with zero attached hydrogens (tertiary/aromatic N) is 4. The molecule has 2 aromatic heterocycles. The van der Waals surface area contributed by atoms with Crippen molar-refractivity contribution in [2.24, 2.45) is 5.10 Å². The van der Waals surface area contributed by atoms with Gasteiger partial charge < -0.3 is 9.47 Å². The molecule has 1 N–H and O–H groups in total. The summed E-state index contributed by atoms with van der Waals surface area (Å²) < 4.78 is 52.3. The molecule has 8 nitrogen and oxygen atoms in total. The van der Waals surface area contributed by atoms with Gasteiger partial charge >= 0.3 is 6.18 Å². The van der Waals surface area contributed by atoms with E-state index >= 15 is 0 Å². The second-order valence-corrected chi connectivity index (χ2v) is 9.05. The van der Waals surface area contributed by atoms with Crippen LogP contribution in [-0.4, -0.2) is 41.1 Å². The monoisotopic (exact) mass is 551 g/mol. The van der Waals surface area contributed by atoms with E-state index in [4.69, 9.17) is 9.47 Å². The number of nitrogens with one attached hydrogen (secondary N) is 1. The van der Waals surface area contributed by atoms with Gasteiger partial charge in [-0.15, -0.1) is 11.3 Å². The van der Waals surface area contributed by atoms with Crippen molar-refractivity contribution in [1.29, 1.82) is 0 Å². The van der Waals surface area contributed by atoms with Gasteiger partial charge in [-0.25, -0.2) is 15.1 Å². The minimum absolute atomic E-state index is 0.0204. The Morgan fingerprint density at radius 3 is 2.51 bits per heavy atom. The van der Waals surface area contributed by atoms with Gasteiger partial charge in [-0.05, 0) is 46.7 Å². The Morgan fingerprint density at radius 2 is 1.77 bits per heavy atom. The smallest absolute Gasteiger partial charge is 0.435 e. The van der Waals surface area contributed by atoms with Gasteiger partial charge in [0.2, 0.25) is 5.13 Å². The number of rotatable bonds is 7. The number of hydrogen-bond donors (Lipinski definition) is 1. The lowest BCUT2D eigenvalue weighted by molar-refractivity contribution is -0.141. The minimum atomic E-state index is -4.66. The maximum atomic E-state index is 13.6. The fourth-order valence-electron chi connectivity index (χ4n) is 3.84. The van der Waals surface area contributed by atoms with Crippen LogP contribution >= 0.6 is 11.3 Å². The maximum absolute atomic E-state index is 13.6. The molecule has 12 heteroatoms. The van der Waals surface area contributed by atoms with E-state index in [0.29, 0.717) is 22.6 Å². The van der Waals surface area contributed by atoms with Crippen molar-refractivity contribution in [2.45, 2.75) is 6.18 Å². The van der Waals surface area contributed by atoms with Gasteiger partial charge in [0.25, 0.3) is 5.91 Å². The molecule has 39 heavy (non-hydrogen) atoms. The number of amides is 1. The van der Waals surface area contributed by atoms with Crippen molar-refractivity contribution in [3.8, 4) is 27.9 Å². The predicted molar refractivity (Wildman–Crippen MR) is 142 cm³/mol. The first-order valence-corrected chi connectivity index (χ1v) is 12.3. The van der Waals surface area contributed by atoms with Crippen molar-refractivity contribution in [3.63, 3.8) is 0 Å². The summed E-state index contributed by atoms with van der Waals surface area (Å²) in [6.45, 7) is 0. The fraction of sp³-hybridized carbons (Fsp3) is 0.111. The van der Waals surface area contributed by atoms with Gasteiger partial charge in [0.05, 0.1) is 26.1 Å². The van der Waals surface area contributed by atoms with Crippen LogP contribution in [0.5, 0.6) is 11.5 Å². The van der Waals surface area contributed by atoms with E-state index in [1.165, 1.54) is 25.8 Å². The summed E-state index contributed by atoms with van der Waals surface area (Å²) in [4.78, 5) is 16.9. The summed E-state index contributed by atoms with van der Waals surface area (Å²) in [6.07, 6.45) is -3.25. The van der Waals surface area contributed by atoms with Crippen LogP contribution in [0.2, 0.25) is 0 Å². The number of hydrogen-bond acceptors (Lipinski definition) is 7. The maximum Gasteiger partial charge on any atom is 0.435 e. The molecule has 0 aliphatic carbocycles. The lowest BCUT2D eigenvalue weighted by Gasteiger charge is -2.07. The Bertz CT molecular complexity index is 1690. The summed E-state index contributed by atoms with van der Waals surface area (Å²) in [5.41, 5.74) is 2.65. The summed E-state index contributed by atoms with van der Waals surface area (Å²) in [6, 6.07) is 18.9. The molecule has 0 aliphatic rings. The second kappa shape index (κ2) is 10.6. The summed E-state index contributed by atoms with van der Waals surface area (Å²) >= 11 is 0.985. The highest BCUT2D eigenvalue weighted by molar-refractivity contribution is 7.12. The topological polar surface area (TPSA) is 90.6 Å². The molecule has 1 amide bonds. The zero-order valence-electron chi connectivity index (χ0n) is 20.6. The molecule has 0 spiro atoms. The van der Waals surface area contributed by atoms with Gasteiger partial charge in [0, 0.05) is 10.9 Å². The van der Waals surface area contributed by atoms with Gasteiger partial charge in [0.1, 0.15) is 5.69 Å². The molecule has 0 saturated heterocycles. The van der Waals surface area contributed by atoms with Crippen molar-refractivity contribution >= 4 is 34.2 Å². The highest BCUT2D eigenvalue weighted by Crippen LogP contribution is 2.35. The molecule has 3 aromatic carbocycles. The van der Waals surface area contributed by atoms with Crippen LogP contribution in [0.1, 0.15) is 21.7 Å². The van der Waals surface area contributed by atoms with Gasteiger partial charge in [-0.2, -0.15) is 23.4 Å². The van der Waals surface area contributed by atoms with Crippen LogP contribution < -0.4 is 14.9 Å². The quantitative estimate of drug-likeness (QED) is 0.200. The Kier molecular flexibility index (Phi) is 7.03. The lowest BCUT2D eigenvalue weighted by Crippen LogP contribution is -2.18. The third-order valence-electron chi connectivity index (χ3n) is 5.74. The van der Waals surface area contributed by atoms with E-state index in [-0.39, 0.29) is 16.5 Å². The molecule has 198 valence electrons. The number of ether oxygens (including phenoxy) is 2. The highest BCUT2D eigenvalue weighted by Gasteiger charge is 2.35. The zero-order chi connectivity index (χ0) is 27.6. The molecule has 5 rings (SSSR count). The first kappa shape index (κ1) is 25.9. The number of alkyl halides is 3. The third-order valence-corrected chi connectivity index (χ3v) is 6.55. The van der Waals surface area contributed by atoms with E-state index in [1.807, 2.05) is 30.3 Å². The first-order chi connectivity index (χ1) is 18.8. The minimum Gasteiger partial charge on any atom is -0.493 e. The number of hydrazone groups is 1. The predicted octanol–water partition coefficient (Wildman–Crippen LogP) is 5.95. The van der Waals surface area contributed by atoms with Crippen LogP contribution in [0, 0.1) is 0 Å². The number of methoxy groups -OCH3 is 2. The largest absolute Gasteiger partial charge is 0.493 e. The SMILES string of the molecule is COc1ccc(C=NNC(=O)c2csc(-n3nc(C(F)(F)F)cc3-c3ccc4ccccc4c3)n2)cc1OC. The second-order valence-electron chi connectivity index (χ2n) is 8.22. The standard InChI is InChI=1S/C27H20F3N5O3S/c1-37-22-10-7-16(11-23(22)38-2)14-31-33-25(36)20-15-39-26(32-20)35-21(13-24(34-35)27(28,29)30)19-9-8-17-5-3-4-6-18(17)12-19/h3-15H,1-2H3,(H,33,36). The number of carbonyl (C=O) groups excluding carboxylic acids is 1. The van der Waals surface area contributed by atoms with E-state index in [2.05, 4.69) is 20.6 Å². The molecule has 2 heterocycles.